The van der Waals surface area contributed by atoms with Crippen molar-refractivity contribution >= 4 is 17.7 Å². The quantitative estimate of drug-likeness (QED) is 0.912. The molecule has 0 heterocycles. The Labute approximate surface area is 106 Å². The molecule has 1 aromatic rings. The SMILES string of the molecule is O=C(O)C1(Sc2ccc(C(F)(F)F)cc2)CCC1. The van der Waals surface area contributed by atoms with Gasteiger partial charge in [0.15, 0.2) is 0 Å². The molecule has 0 unspecified atom stereocenters. The third kappa shape index (κ3) is 2.48. The second-order valence-electron chi connectivity index (χ2n) is 4.28. The molecule has 0 atom stereocenters. The number of alkyl halides is 3. The average Bonchev–Trinajstić information content (AvgIpc) is 2.22. The first-order valence-corrected chi connectivity index (χ1v) is 6.25. The van der Waals surface area contributed by atoms with Crippen LogP contribution in [0.1, 0.15) is 24.8 Å². The molecule has 0 saturated heterocycles. The van der Waals surface area contributed by atoms with Gasteiger partial charge in [-0.15, -0.1) is 11.8 Å². The maximum Gasteiger partial charge on any atom is 0.416 e. The Morgan fingerprint density at radius 2 is 1.78 bits per heavy atom. The van der Waals surface area contributed by atoms with Crippen LogP contribution >= 0.6 is 11.8 Å². The summed E-state index contributed by atoms with van der Waals surface area (Å²) in [5.74, 6) is -0.890. The number of carbonyl (C=O) groups is 1. The fourth-order valence-electron chi connectivity index (χ4n) is 1.80. The Morgan fingerprint density at radius 3 is 2.11 bits per heavy atom. The summed E-state index contributed by atoms with van der Waals surface area (Å²) >= 11 is 1.14. The molecule has 1 aliphatic rings. The van der Waals surface area contributed by atoms with Gasteiger partial charge in [0, 0.05) is 4.90 Å². The number of thioether (sulfide) groups is 1. The Hall–Kier alpha value is -1.17. The first-order chi connectivity index (χ1) is 8.33. The molecule has 0 bridgehead atoms. The van der Waals surface area contributed by atoms with Crippen molar-refractivity contribution in [3.63, 3.8) is 0 Å². The van der Waals surface area contributed by atoms with E-state index in [1.165, 1.54) is 12.1 Å². The van der Waals surface area contributed by atoms with Crippen LogP contribution in [0.3, 0.4) is 0 Å². The molecular formula is C12H11F3O2S. The van der Waals surface area contributed by atoms with Gasteiger partial charge in [-0.1, -0.05) is 0 Å². The van der Waals surface area contributed by atoms with Crippen LogP contribution in [0, 0.1) is 0 Å². The number of benzene rings is 1. The Morgan fingerprint density at radius 1 is 1.22 bits per heavy atom. The van der Waals surface area contributed by atoms with E-state index in [1.807, 2.05) is 0 Å². The van der Waals surface area contributed by atoms with Crippen LogP contribution in [0.4, 0.5) is 13.2 Å². The summed E-state index contributed by atoms with van der Waals surface area (Å²) in [5.41, 5.74) is -0.718. The molecular weight excluding hydrogens is 265 g/mol. The van der Waals surface area contributed by atoms with Crippen molar-refractivity contribution < 1.29 is 23.1 Å². The Balaban J connectivity index is 2.14. The average molecular weight is 276 g/mol. The molecule has 1 fully saturated rings. The zero-order chi connectivity index (χ0) is 13.4. The lowest BCUT2D eigenvalue weighted by Crippen LogP contribution is -2.41. The lowest BCUT2D eigenvalue weighted by atomic mass is 9.84. The third-order valence-corrected chi connectivity index (χ3v) is 4.53. The normalized spacial score (nSPS) is 18.2. The molecule has 0 aromatic heterocycles. The van der Waals surface area contributed by atoms with E-state index >= 15 is 0 Å². The van der Waals surface area contributed by atoms with Crippen LogP contribution in [0.15, 0.2) is 29.2 Å². The number of halogens is 3. The van der Waals surface area contributed by atoms with Crippen LogP contribution in [-0.4, -0.2) is 15.8 Å². The minimum atomic E-state index is -4.36. The van der Waals surface area contributed by atoms with E-state index in [-0.39, 0.29) is 0 Å². The summed E-state index contributed by atoms with van der Waals surface area (Å²) in [6.45, 7) is 0. The molecule has 2 rings (SSSR count). The highest BCUT2D eigenvalue weighted by atomic mass is 32.2. The predicted molar refractivity (Wildman–Crippen MR) is 61.5 cm³/mol. The topological polar surface area (TPSA) is 37.3 Å². The minimum absolute atomic E-state index is 0.560. The molecule has 2 nitrogen and oxygen atoms in total. The van der Waals surface area contributed by atoms with Gasteiger partial charge in [-0.2, -0.15) is 13.2 Å². The van der Waals surface area contributed by atoms with Crippen molar-refractivity contribution in [1.29, 1.82) is 0 Å². The monoisotopic (exact) mass is 276 g/mol. The second kappa shape index (κ2) is 4.50. The van der Waals surface area contributed by atoms with Crippen molar-refractivity contribution in [2.24, 2.45) is 0 Å². The first kappa shape index (κ1) is 13.3. The maximum atomic E-state index is 12.4. The van der Waals surface area contributed by atoms with Gasteiger partial charge in [0.05, 0.1) is 5.56 Å². The van der Waals surface area contributed by atoms with E-state index in [0.29, 0.717) is 17.7 Å². The van der Waals surface area contributed by atoms with Crippen molar-refractivity contribution in [3.05, 3.63) is 29.8 Å². The van der Waals surface area contributed by atoms with Crippen LogP contribution in [0.5, 0.6) is 0 Å². The number of carboxylic acids is 1. The number of carboxylic acid groups (broad SMARTS) is 1. The molecule has 1 saturated carbocycles. The van der Waals surface area contributed by atoms with Gasteiger partial charge in [0.25, 0.3) is 0 Å². The molecule has 1 N–H and O–H groups in total. The largest absolute Gasteiger partial charge is 0.480 e. The molecule has 0 aliphatic heterocycles. The van der Waals surface area contributed by atoms with Crippen LogP contribution < -0.4 is 0 Å². The number of rotatable bonds is 3. The zero-order valence-electron chi connectivity index (χ0n) is 9.33. The number of aliphatic carboxylic acids is 1. The highest BCUT2D eigenvalue weighted by molar-refractivity contribution is 8.01. The van der Waals surface area contributed by atoms with Crippen LogP contribution in [0.2, 0.25) is 0 Å². The summed E-state index contributed by atoms with van der Waals surface area (Å²) in [5, 5.41) is 9.13. The summed E-state index contributed by atoms with van der Waals surface area (Å²) in [6, 6.07) is 4.63. The lowest BCUT2D eigenvalue weighted by molar-refractivity contribution is -0.142. The standard InChI is InChI=1S/C12H11F3O2S/c13-12(14,15)8-2-4-9(5-3-8)18-11(10(16)17)6-1-7-11/h2-5H,1,6-7H2,(H,16,17). The summed E-state index contributed by atoms with van der Waals surface area (Å²) in [4.78, 5) is 11.7. The maximum absolute atomic E-state index is 12.4. The highest BCUT2D eigenvalue weighted by Gasteiger charge is 2.45. The molecule has 6 heteroatoms. The number of hydrogen-bond donors (Lipinski definition) is 1. The molecule has 1 aromatic carbocycles. The summed E-state index contributed by atoms with van der Waals surface area (Å²) in [6.07, 6.45) is -2.38. The third-order valence-electron chi connectivity index (χ3n) is 3.05. The van der Waals surface area contributed by atoms with E-state index in [0.717, 1.165) is 30.3 Å². The Kier molecular flexibility index (Phi) is 3.31. The van der Waals surface area contributed by atoms with Gasteiger partial charge in [0.1, 0.15) is 4.75 Å². The molecule has 0 spiro atoms. The molecule has 18 heavy (non-hydrogen) atoms. The first-order valence-electron chi connectivity index (χ1n) is 5.43. The molecule has 98 valence electrons. The van der Waals surface area contributed by atoms with Gasteiger partial charge in [-0.05, 0) is 43.5 Å². The Bertz CT molecular complexity index is 449. The van der Waals surface area contributed by atoms with Crippen LogP contribution in [0.25, 0.3) is 0 Å². The second-order valence-corrected chi connectivity index (χ2v) is 5.73. The molecule has 0 radical (unpaired) electrons. The van der Waals surface area contributed by atoms with Crippen molar-refractivity contribution in [3.8, 4) is 0 Å². The predicted octanol–water partition coefficient (Wildman–Crippen LogP) is 3.80. The molecule has 0 amide bonds. The summed E-state index contributed by atoms with van der Waals surface area (Å²) < 4.78 is 36.2. The van der Waals surface area contributed by atoms with Crippen molar-refractivity contribution in [2.45, 2.75) is 35.1 Å². The smallest absolute Gasteiger partial charge is 0.416 e. The summed E-state index contributed by atoms with van der Waals surface area (Å²) in [7, 11) is 0. The lowest BCUT2D eigenvalue weighted by Gasteiger charge is -2.36. The highest BCUT2D eigenvalue weighted by Crippen LogP contribution is 2.48. The molecule has 1 aliphatic carbocycles. The van der Waals surface area contributed by atoms with Crippen LogP contribution in [-0.2, 0) is 11.0 Å². The van der Waals surface area contributed by atoms with E-state index in [4.69, 9.17) is 5.11 Å². The van der Waals surface area contributed by atoms with Gasteiger partial charge in [-0.3, -0.25) is 4.79 Å². The van der Waals surface area contributed by atoms with Crippen molar-refractivity contribution in [2.75, 3.05) is 0 Å². The van der Waals surface area contributed by atoms with Gasteiger partial charge in [-0.25, -0.2) is 0 Å². The van der Waals surface area contributed by atoms with E-state index in [9.17, 15) is 18.0 Å². The fraction of sp³-hybridized carbons (Fsp3) is 0.417. The van der Waals surface area contributed by atoms with Gasteiger partial charge >= 0.3 is 12.1 Å². The fourth-order valence-corrected chi connectivity index (χ4v) is 3.10. The van der Waals surface area contributed by atoms with Gasteiger partial charge in [0.2, 0.25) is 0 Å². The van der Waals surface area contributed by atoms with E-state index in [2.05, 4.69) is 0 Å². The van der Waals surface area contributed by atoms with Crippen molar-refractivity contribution in [1.82, 2.24) is 0 Å². The zero-order valence-corrected chi connectivity index (χ0v) is 10.1. The van der Waals surface area contributed by atoms with E-state index < -0.39 is 22.5 Å². The minimum Gasteiger partial charge on any atom is -0.480 e. The van der Waals surface area contributed by atoms with Gasteiger partial charge < -0.3 is 5.11 Å². The number of hydrogen-bond acceptors (Lipinski definition) is 2. The van der Waals surface area contributed by atoms with E-state index in [1.54, 1.807) is 0 Å².